The minimum absolute atomic E-state index is 0.725. The molecule has 3 nitrogen and oxygen atoms in total. The van der Waals surface area contributed by atoms with Crippen LogP contribution in [0.5, 0.6) is 5.75 Å². The van der Waals surface area contributed by atoms with Gasteiger partial charge in [-0.3, -0.25) is 4.98 Å². The Morgan fingerprint density at radius 2 is 2.17 bits per heavy atom. The lowest BCUT2D eigenvalue weighted by Crippen LogP contribution is -2.14. The zero-order valence-corrected chi connectivity index (χ0v) is 10.4. The molecule has 1 aliphatic rings. The first-order valence-corrected chi connectivity index (χ1v) is 6.59. The SMILES string of the molecule is Nc1c(OCCC2CCC2)ccc2cnccc12. The standard InChI is InChI=1S/C15H18N2O/c16-15-13-6-8-17-10-12(13)4-5-14(15)18-9-7-11-2-1-3-11/h4-6,8,10-11H,1-3,7,9,16H2. The summed E-state index contributed by atoms with van der Waals surface area (Å²) in [6.45, 7) is 0.769. The quantitative estimate of drug-likeness (QED) is 0.836. The topological polar surface area (TPSA) is 48.1 Å². The van der Waals surface area contributed by atoms with E-state index in [1.54, 1.807) is 6.20 Å². The number of nitrogens with zero attached hydrogens (tertiary/aromatic N) is 1. The Morgan fingerprint density at radius 1 is 1.28 bits per heavy atom. The van der Waals surface area contributed by atoms with Gasteiger partial charge in [0.05, 0.1) is 12.3 Å². The summed E-state index contributed by atoms with van der Waals surface area (Å²) in [7, 11) is 0. The molecule has 1 aliphatic carbocycles. The Hall–Kier alpha value is -1.77. The molecule has 2 aromatic rings. The zero-order chi connectivity index (χ0) is 12.4. The van der Waals surface area contributed by atoms with Gasteiger partial charge in [-0.15, -0.1) is 0 Å². The van der Waals surface area contributed by atoms with Crippen LogP contribution in [-0.2, 0) is 0 Å². The third kappa shape index (κ3) is 2.13. The smallest absolute Gasteiger partial charge is 0.142 e. The van der Waals surface area contributed by atoms with Crippen LogP contribution in [0.15, 0.2) is 30.6 Å². The number of ether oxygens (including phenoxy) is 1. The van der Waals surface area contributed by atoms with Gasteiger partial charge < -0.3 is 10.5 Å². The van der Waals surface area contributed by atoms with Crippen LogP contribution < -0.4 is 10.5 Å². The molecule has 3 rings (SSSR count). The summed E-state index contributed by atoms with van der Waals surface area (Å²) in [5.74, 6) is 1.67. The third-order valence-electron chi connectivity index (χ3n) is 3.83. The number of hydrogen-bond donors (Lipinski definition) is 1. The number of anilines is 1. The van der Waals surface area contributed by atoms with E-state index in [-0.39, 0.29) is 0 Å². The van der Waals surface area contributed by atoms with Gasteiger partial charge in [0.15, 0.2) is 0 Å². The van der Waals surface area contributed by atoms with Crippen molar-refractivity contribution in [2.45, 2.75) is 25.7 Å². The maximum absolute atomic E-state index is 6.13. The molecule has 1 saturated carbocycles. The molecule has 0 amide bonds. The molecule has 1 aromatic heterocycles. The van der Waals surface area contributed by atoms with E-state index in [1.165, 1.54) is 19.3 Å². The van der Waals surface area contributed by atoms with Crippen LogP contribution in [0.25, 0.3) is 10.8 Å². The molecular formula is C15H18N2O. The first-order valence-electron chi connectivity index (χ1n) is 6.59. The molecular weight excluding hydrogens is 224 g/mol. The average Bonchev–Trinajstić information content (AvgIpc) is 2.35. The summed E-state index contributed by atoms with van der Waals surface area (Å²) >= 11 is 0. The van der Waals surface area contributed by atoms with E-state index in [1.807, 2.05) is 24.4 Å². The number of pyridine rings is 1. The van der Waals surface area contributed by atoms with E-state index in [9.17, 15) is 0 Å². The summed E-state index contributed by atoms with van der Waals surface area (Å²) < 4.78 is 5.81. The Balaban J connectivity index is 1.73. The number of hydrogen-bond acceptors (Lipinski definition) is 3. The van der Waals surface area contributed by atoms with E-state index in [0.717, 1.165) is 41.2 Å². The summed E-state index contributed by atoms with van der Waals surface area (Å²) in [6, 6.07) is 5.89. The first-order chi connectivity index (χ1) is 8.84. The maximum Gasteiger partial charge on any atom is 0.142 e. The Morgan fingerprint density at radius 3 is 2.94 bits per heavy atom. The number of fused-ring (bicyclic) bond motifs is 1. The van der Waals surface area contributed by atoms with Gasteiger partial charge >= 0.3 is 0 Å². The fraction of sp³-hybridized carbons (Fsp3) is 0.400. The van der Waals surface area contributed by atoms with E-state index in [0.29, 0.717) is 0 Å². The van der Waals surface area contributed by atoms with E-state index in [4.69, 9.17) is 10.5 Å². The maximum atomic E-state index is 6.13. The monoisotopic (exact) mass is 242 g/mol. The Labute approximate surface area is 107 Å². The summed E-state index contributed by atoms with van der Waals surface area (Å²) in [4.78, 5) is 4.09. The van der Waals surface area contributed by atoms with Gasteiger partial charge in [0.25, 0.3) is 0 Å². The van der Waals surface area contributed by atoms with Crippen molar-refractivity contribution in [2.24, 2.45) is 5.92 Å². The molecule has 0 saturated heterocycles. The number of aromatic nitrogens is 1. The second-order valence-corrected chi connectivity index (χ2v) is 5.01. The molecule has 1 fully saturated rings. The van der Waals surface area contributed by atoms with E-state index >= 15 is 0 Å². The van der Waals surface area contributed by atoms with Gasteiger partial charge in [-0.05, 0) is 30.5 Å². The van der Waals surface area contributed by atoms with Crippen molar-refractivity contribution in [1.29, 1.82) is 0 Å². The summed E-state index contributed by atoms with van der Waals surface area (Å²) in [5.41, 5.74) is 6.86. The molecule has 0 bridgehead atoms. The summed E-state index contributed by atoms with van der Waals surface area (Å²) in [6.07, 6.45) is 8.84. The van der Waals surface area contributed by atoms with Crippen molar-refractivity contribution in [3.63, 3.8) is 0 Å². The van der Waals surface area contributed by atoms with Gasteiger partial charge in [0.1, 0.15) is 5.75 Å². The fourth-order valence-corrected chi connectivity index (χ4v) is 2.42. The van der Waals surface area contributed by atoms with Gasteiger partial charge in [-0.2, -0.15) is 0 Å². The van der Waals surface area contributed by atoms with Crippen molar-refractivity contribution in [3.8, 4) is 5.75 Å². The molecule has 3 heteroatoms. The van der Waals surface area contributed by atoms with E-state index in [2.05, 4.69) is 4.98 Å². The van der Waals surface area contributed by atoms with Crippen molar-refractivity contribution in [1.82, 2.24) is 4.98 Å². The highest BCUT2D eigenvalue weighted by atomic mass is 16.5. The molecule has 2 N–H and O–H groups in total. The van der Waals surface area contributed by atoms with Crippen molar-refractivity contribution >= 4 is 16.5 Å². The third-order valence-corrected chi connectivity index (χ3v) is 3.83. The van der Waals surface area contributed by atoms with Crippen LogP contribution in [0.1, 0.15) is 25.7 Å². The lowest BCUT2D eigenvalue weighted by Gasteiger charge is -2.25. The van der Waals surface area contributed by atoms with Crippen LogP contribution in [0.2, 0.25) is 0 Å². The molecule has 1 heterocycles. The first kappa shape index (κ1) is 11.3. The van der Waals surface area contributed by atoms with Crippen molar-refractivity contribution in [2.75, 3.05) is 12.3 Å². The van der Waals surface area contributed by atoms with Crippen LogP contribution in [0.3, 0.4) is 0 Å². The molecule has 0 radical (unpaired) electrons. The number of rotatable bonds is 4. The number of nitrogens with two attached hydrogens (primary N) is 1. The predicted octanol–water partition coefficient (Wildman–Crippen LogP) is 3.39. The largest absolute Gasteiger partial charge is 0.491 e. The summed E-state index contributed by atoms with van der Waals surface area (Å²) in [5, 5.41) is 2.08. The molecule has 0 atom stereocenters. The predicted molar refractivity (Wildman–Crippen MR) is 73.6 cm³/mol. The molecule has 0 aliphatic heterocycles. The van der Waals surface area contributed by atoms with Gasteiger partial charge in [-0.25, -0.2) is 0 Å². The van der Waals surface area contributed by atoms with Crippen LogP contribution >= 0.6 is 0 Å². The second-order valence-electron chi connectivity index (χ2n) is 5.01. The van der Waals surface area contributed by atoms with Crippen molar-refractivity contribution in [3.05, 3.63) is 30.6 Å². The molecule has 94 valence electrons. The number of benzene rings is 1. The molecule has 18 heavy (non-hydrogen) atoms. The van der Waals surface area contributed by atoms with Crippen LogP contribution in [-0.4, -0.2) is 11.6 Å². The number of nitrogen functional groups attached to an aromatic ring is 1. The van der Waals surface area contributed by atoms with Gasteiger partial charge in [0.2, 0.25) is 0 Å². The van der Waals surface area contributed by atoms with E-state index < -0.39 is 0 Å². The Kier molecular flexibility index (Phi) is 3.05. The van der Waals surface area contributed by atoms with Crippen LogP contribution in [0, 0.1) is 5.92 Å². The minimum atomic E-state index is 0.725. The lowest BCUT2D eigenvalue weighted by molar-refractivity contribution is 0.223. The van der Waals surface area contributed by atoms with Gasteiger partial charge in [-0.1, -0.05) is 19.3 Å². The molecule has 1 aromatic carbocycles. The highest BCUT2D eigenvalue weighted by Crippen LogP contribution is 2.32. The average molecular weight is 242 g/mol. The highest BCUT2D eigenvalue weighted by molar-refractivity contribution is 5.95. The molecule has 0 unspecified atom stereocenters. The fourth-order valence-electron chi connectivity index (χ4n) is 2.42. The molecule has 0 spiro atoms. The normalized spacial score (nSPS) is 15.6. The lowest BCUT2D eigenvalue weighted by atomic mass is 9.83. The zero-order valence-electron chi connectivity index (χ0n) is 10.4. The highest BCUT2D eigenvalue weighted by Gasteiger charge is 2.17. The van der Waals surface area contributed by atoms with Crippen molar-refractivity contribution < 1.29 is 4.74 Å². The Bertz CT molecular complexity index is 549. The minimum Gasteiger partial charge on any atom is -0.491 e. The second kappa shape index (κ2) is 4.84. The van der Waals surface area contributed by atoms with Crippen LogP contribution in [0.4, 0.5) is 5.69 Å². The van der Waals surface area contributed by atoms with Gasteiger partial charge in [0, 0.05) is 23.2 Å².